The molecule has 2 aromatic carbocycles. The fourth-order valence-electron chi connectivity index (χ4n) is 5.09. The van der Waals surface area contributed by atoms with Gasteiger partial charge in [-0.2, -0.15) is 4.31 Å². The second-order valence-corrected chi connectivity index (χ2v) is 11.2. The molecular formula is C27H31N3O3S. The molecule has 5 rings (SSSR count). The van der Waals surface area contributed by atoms with Crippen LogP contribution in [0.25, 0.3) is 5.69 Å². The molecule has 0 radical (unpaired) electrons. The van der Waals surface area contributed by atoms with Crippen molar-refractivity contribution in [2.24, 2.45) is 0 Å². The van der Waals surface area contributed by atoms with Crippen LogP contribution < -0.4 is 0 Å². The summed E-state index contributed by atoms with van der Waals surface area (Å²) in [5.41, 5.74) is 2.86. The van der Waals surface area contributed by atoms with Gasteiger partial charge in [0.2, 0.25) is 10.0 Å². The first-order valence-electron chi connectivity index (χ1n) is 12.2. The molecule has 7 heteroatoms. The summed E-state index contributed by atoms with van der Waals surface area (Å²) >= 11 is 0. The third-order valence-corrected chi connectivity index (χ3v) is 9.05. The van der Waals surface area contributed by atoms with Crippen LogP contribution in [0.4, 0.5) is 0 Å². The normalized spacial score (nSPS) is 18.2. The zero-order chi connectivity index (χ0) is 23.5. The number of nitrogens with zero attached hydrogens (tertiary/aromatic N) is 3. The van der Waals surface area contributed by atoms with E-state index in [1.54, 1.807) is 17.0 Å². The highest BCUT2D eigenvalue weighted by atomic mass is 32.2. The molecule has 0 N–H and O–H groups in total. The van der Waals surface area contributed by atoms with Crippen LogP contribution in [-0.4, -0.2) is 54.3 Å². The van der Waals surface area contributed by atoms with Gasteiger partial charge in [-0.15, -0.1) is 0 Å². The molecule has 2 aliphatic rings. The quantitative estimate of drug-likeness (QED) is 0.536. The highest BCUT2D eigenvalue weighted by Gasteiger charge is 2.30. The summed E-state index contributed by atoms with van der Waals surface area (Å²) in [7, 11) is -3.56. The predicted octanol–water partition coefficient (Wildman–Crippen LogP) is 4.67. The zero-order valence-electron chi connectivity index (χ0n) is 19.3. The van der Waals surface area contributed by atoms with Crippen molar-refractivity contribution in [1.82, 2.24) is 13.8 Å². The maximum atomic E-state index is 13.2. The van der Waals surface area contributed by atoms with Gasteiger partial charge in [-0.1, -0.05) is 31.4 Å². The second-order valence-electron chi connectivity index (χ2n) is 9.24. The zero-order valence-corrected chi connectivity index (χ0v) is 20.2. The molecule has 0 unspecified atom stereocenters. The van der Waals surface area contributed by atoms with E-state index in [-0.39, 0.29) is 5.91 Å². The molecule has 1 aliphatic carbocycles. The summed E-state index contributed by atoms with van der Waals surface area (Å²) in [6, 6.07) is 18.9. The number of benzene rings is 2. The molecule has 34 heavy (non-hydrogen) atoms. The van der Waals surface area contributed by atoms with Crippen molar-refractivity contribution in [2.75, 3.05) is 26.2 Å². The lowest BCUT2D eigenvalue weighted by Crippen LogP contribution is -2.50. The fourth-order valence-corrected chi connectivity index (χ4v) is 6.52. The lowest BCUT2D eigenvalue weighted by Gasteiger charge is -2.34. The maximum Gasteiger partial charge on any atom is 0.253 e. The van der Waals surface area contributed by atoms with Crippen LogP contribution in [-0.2, 0) is 10.0 Å². The molecule has 2 heterocycles. The van der Waals surface area contributed by atoms with E-state index in [1.165, 1.54) is 42.0 Å². The van der Waals surface area contributed by atoms with E-state index in [2.05, 4.69) is 0 Å². The van der Waals surface area contributed by atoms with Crippen LogP contribution in [0, 0.1) is 0 Å². The van der Waals surface area contributed by atoms with Crippen LogP contribution in [0.2, 0.25) is 0 Å². The molecular weight excluding hydrogens is 446 g/mol. The lowest BCUT2D eigenvalue weighted by atomic mass is 9.84. The van der Waals surface area contributed by atoms with E-state index in [1.807, 2.05) is 65.5 Å². The number of hydrogen-bond donors (Lipinski definition) is 0. The van der Waals surface area contributed by atoms with E-state index in [0.29, 0.717) is 42.6 Å². The molecule has 1 saturated carbocycles. The van der Waals surface area contributed by atoms with E-state index in [0.717, 1.165) is 5.69 Å². The maximum absolute atomic E-state index is 13.2. The van der Waals surface area contributed by atoms with Gasteiger partial charge in [0.25, 0.3) is 5.91 Å². The molecule has 1 amide bonds. The van der Waals surface area contributed by atoms with Gasteiger partial charge in [-0.05, 0) is 72.9 Å². The van der Waals surface area contributed by atoms with E-state index in [4.69, 9.17) is 0 Å². The number of carbonyl (C=O) groups excluding carboxylic acids is 1. The Hall–Kier alpha value is -2.90. The van der Waals surface area contributed by atoms with Gasteiger partial charge in [0.1, 0.15) is 0 Å². The summed E-state index contributed by atoms with van der Waals surface area (Å²) in [5, 5.41) is 0. The monoisotopic (exact) mass is 477 g/mol. The van der Waals surface area contributed by atoms with Gasteiger partial charge in [0.15, 0.2) is 0 Å². The van der Waals surface area contributed by atoms with Gasteiger partial charge in [0, 0.05) is 49.8 Å². The summed E-state index contributed by atoms with van der Waals surface area (Å²) in [4.78, 5) is 15.0. The van der Waals surface area contributed by atoms with Crippen molar-refractivity contribution < 1.29 is 13.2 Å². The average molecular weight is 478 g/mol. The van der Waals surface area contributed by atoms with Crippen molar-refractivity contribution in [3.63, 3.8) is 0 Å². The number of sulfonamides is 1. The highest BCUT2D eigenvalue weighted by Crippen LogP contribution is 2.33. The van der Waals surface area contributed by atoms with Crippen LogP contribution >= 0.6 is 0 Å². The SMILES string of the molecule is O=C(c1ccc(-n2cccc2)cc1)N1CCN(S(=O)(=O)c2ccc(C3CCCCC3)cc2)CC1. The van der Waals surface area contributed by atoms with Crippen molar-refractivity contribution in [1.29, 1.82) is 0 Å². The molecule has 0 atom stereocenters. The largest absolute Gasteiger partial charge is 0.336 e. The van der Waals surface area contributed by atoms with Crippen LogP contribution in [0.15, 0.2) is 78.0 Å². The molecule has 6 nitrogen and oxygen atoms in total. The van der Waals surface area contributed by atoms with Gasteiger partial charge < -0.3 is 9.47 Å². The van der Waals surface area contributed by atoms with Gasteiger partial charge in [0.05, 0.1) is 4.90 Å². The Morgan fingerprint density at radius 1 is 0.765 bits per heavy atom. The van der Waals surface area contributed by atoms with Crippen molar-refractivity contribution in [3.05, 3.63) is 84.2 Å². The Morgan fingerprint density at radius 2 is 1.38 bits per heavy atom. The standard InChI is InChI=1S/C27H31N3O3S/c31-27(24-8-12-25(13-9-24)28-16-4-5-17-28)29-18-20-30(21-19-29)34(32,33)26-14-10-23(11-15-26)22-6-2-1-3-7-22/h4-5,8-17,22H,1-3,6-7,18-21H2. The molecule has 1 saturated heterocycles. The first-order chi connectivity index (χ1) is 16.5. The van der Waals surface area contributed by atoms with E-state index < -0.39 is 10.0 Å². The van der Waals surface area contributed by atoms with Crippen molar-refractivity contribution >= 4 is 15.9 Å². The van der Waals surface area contributed by atoms with Gasteiger partial charge >= 0.3 is 0 Å². The first-order valence-corrected chi connectivity index (χ1v) is 13.6. The third kappa shape index (κ3) is 4.68. The summed E-state index contributed by atoms with van der Waals surface area (Å²) in [6.45, 7) is 1.38. The molecule has 0 spiro atoms. The van der Waals surface area contributed by atoms with E-state index >= 15 is 0 Å². The Balaban J connectivity index is 1.20. The molecule has 1 aliphatic heterocycles. The second kappa shape index (κ2) is 9.76. The third-order valence-electron chi connectivity index (χ3n) is 7.14. The Morgan fingerprint density at radius 3 is 2.00 bits per heavy atom. The summed E-state index contributed by atoms with van der Waals surface area (Å²) < 4.78 is 29.9. The summed E-state index contributed by atoms with van der Waals surface area (Å²) in [6.07, 6.45) is 10.1. The predicted molar refractivity (Wildman–Crippen MR) is 133 cm³/mol. The van der Waals surface area contributed by atoms with Crippen LogP contribution in [0.1, 0.15) is 53.9 Å². The Bertz CT molecular complexity index is 1210. The minimum absolute atomic E-state index is 0.0621. The smallest absolute Gasteiger partial charge is 0.253 e. The Labute approximate surface area is 201 Å². The van der Waals surface area contributed by atoms with Crippen LogP contribution in [0.5, 0.6) is 0 Å². The van der Waals surface area contributed by atoms with Gasteiger partial charge in [-0.3, -0.25) is 4.79 Å². The molecule has 0 bridgehead atoms. The minimum Gasteiger partial charge on any atom is -0.336 e. The molecule has 178 valence electrons. The molecule has 1 aromatic heterocycles. The van der Waals surface area contributed by atoms with Crippen molar-refractivity contribution in [2.45, 2.75) is 42.9 Å². The topological polar surface area (TPSA) is 62.6 Å². The van der Waals surface area contributed by atoms with Gasteiger partial charge in [-0.25, -0.2) is 8.42 Å². The minimum atomic E-state index is -3.56. The van der Waals surface area contributed by atoms with E-state index in [9.17, 15) is 13.2 Å². The van der Waals surface area contributed by atoms with Crippen molar-refractivity contribution in [3.8, 4) is 5.69 Å². The molecule has 2 fully saturated rings. The Kier molecular flexibility index (Phi) is 6.57. The fraction of sp³-hybridized carbons (Fsp3) is 0.370. The number of aromatic nitrogens is 1. The number of rotatable bonds is 5. The lowest BCUT2D eigenvalue weighted by molar-refractivity contribution is 0.0698. The van der Waals surface area contributed by atoms with Crippen LogP contribution in [0.3, 0.4) is 0 Å². The average Bonchev–Trinajstić information content (AvgIpc) is 3.44. The first kappa shape index (κ1) is 22.9. The number of hydrogen-bond acceptors (Lipinski definition) is 3. The number of piperazine rings is 1. The summed E-state index contributed by atoms with van der Waals surface area (Å²) in [5.74, 6) is 0.491. The number of amides is 1. The molecule has 3 aromatic rings. The number of carbonyl (C=O) groups is 1. The highest BCUT2D eigenvalue weighted by molar-refractivity contribution is 7.89.